The maximum atomic E-state index is 11.4. The second-order valence-electron chi connectivity index (χ2n) is 6.23. The van der Waals surface area contributed by atoms with E-state index in [1.807, 2.05) is 36.4 Å². The number of carbonyl (C=O) groups excluding carboxylic acids is 1. The maximum absolute atomic E-state index is 11.4. The van der Waals surface area contributed by atoms with Crippen molar-refractivity contribution < 1.29 is 19.1 Å². The zero-order valence-corrected chi connectivity index (χ0v) is 13.9. The summed E-state index contributed by atoms with van der Waals surface area (Å²) in [5.74, 6) is 0.830. The van der Waals surface area contributed by atoms with Gasteiger partial charge in [0.25, 0.3) is 0 Å². The molecule has 2 aromatic rings. The van der Waals surface area contributed by atoms with Gasteiger partial charge >= 0.3 is 5.97 Å². The Labute approximate surface area is 141 Å². The summed E-state index contributed by atoms with van der Waals surface area (Å²) in [6.45, 7) is 2.48. The Morgan fingerprint density at radius 1 is 1.25 bits per heavy atom. The molecule has 1 aromatic carbocycles. The molecule has 0 saturated carbocycles. The Morgan fingerprint density at radius 2 is 1.96 bits per heavy atom. The number of nitrogens with zero attached hydrogens (tertiary/aromatic N) is 1. The van der Waals surface area contributed by atoms with Crippen LogP contribution in [0.4, 0.5) is 0 Å². The third kappa shape index (κ3) is 3.86. The quantitative estimate of drug-likeness (QED) is 0.854. The molecule has 128 valence electrons. The number of aliphatic hydroxyl groups excluding tert-OH is 1. The Bertz CT molecular complexity index is 659. The zero-order valence-electron chi connectivity index (χ0n) is 13.9. The van der Waals surface area contributed by atoms with Crippen molar-refractivity contribution in [2.24, 2.45) is 5.92 Å². The lowest BCUT2D eigenvalue weighted by Gasteiger charge is -2.33. The summed E-state index contributed by atoms with van der Waals surface area (Å²) in [5, 5.41) is 10.5. The maximum Gasteiger partial charge on any atom is 0.373 e. The number of furan rings is 1. The van der Waals surface area contributed by atoms with E-state index in [2.05, 4.69) is 9.64 Å². The van der Waals surface area contributed by atoms with Crippen LogP contribution in [-0.4, -0.2) is 36.2 Å². The molecule has 3 rings (SSSR count). The molecule has 5 nitrogen and oxygen atoms in total. The normalized spacial score (nSPS) is 17.6. The lowest BCUT2D eigenvalue weighted by atomic mass is 9.87. The van der Waals surface area contributed by atoms with Gasteiger partial charge in [0.15, 0.2) is 0 Å². The average Bonchev–Trinajstić information content (AvgIpc) is 3.10. The number of benzene rings is 1. The summed E-state index contributed by atoms with van der Waals surface area (Å²) >= 11 is 0. The highest BCUT2D eigenvalue weighted by molar-refractivity contribution is 5.86. The van der Waals surface area contributed by atoms with E-state index in [0.29, 0.717) is 6.54 Å². The molecule has 1 aliphatic rings. The lowest BCUT2D eigenvalue weighted by molar-refractivity contribution is 0.0520. The van der Waals surface area contributed by atoms with Crippen LogP contribution >= 0.6 is 0 Å². The monoisotopic (exact) mass is 329 g/mol. The van der Waals surface area contributed by atoms with Crippen LogP contribution in [0.2, 0.25) is 0 Å². The Balaban J connectivity index is 1.52. The van der Waals surface area contributed by atoms with Gasteiger partial charge in [-0.1, -0.05) is 30.3 Å². The molecule has 1 atom stereocenters. The van der Waals surface area contributed by atoms with Crippen LogP contribution in [0, 0.1) is 5.92 Å². The summed E-state index contributed by atoms with van der Waals surface area (Å²) in [6, 6.07) is 13.3. The molecule has 0 spiro atoms. The number of ether oxygens (including phenoxy) is 1. The zero-order chi connectivity index (χ0) is 16.9. The fourth-order valence-corrected chi connectivity index (χ4v) is 3.24. The second kappa shape index (κ2) is 7.64. The Hall–Kier alpha value is -2.11. The first-order valence-corrected chi connectivity index (χ1v) is 8.30. The lowest BCUT2D eigenvalue weighted by Crippen LogP contribution is -2.35. The summed E-state index contributed by atoms with van der Waals surface area (Å²) < 4.78 is 10.2. The topological polar surface area (TPSA) is 62.9 Å². The standard InChI is InChI=1S/C19H23NO4/c1-23-19(22)17-8-7-16(24-17)13-20-11-9-15(10-12-20)18(21)14-5-3-2-4-6-14/h2-8,15,18,21H,9-13H2,1H3. The van der Waals surface area contributed by atoms with Crippen molar-refractivity contribution in [3.63, 3.8) is 0 Å². The first-order valence-electron chi connectivity index (χ1n) is 8.30. The number of carbonyl (C=O) groups is 1. The van der Waals surface area contributed by atoms with Crippen LogP contribution in [0.25, 0.3) is 0 Å². The Morgan fingerprint density at radius 3 is 2.62 bits per heavy atom. The SMILES string of the molecule is COC(=O)c1ccc(CN2CCC(C(O)c3ccccc3)CC2)o1. The minimum atomic E-state index is -0.453. The van der Waals surface area contributed by atoms with Gasteiger partial charge in [-0.25, -0.2) is 4.79 Å². The van der Waals surface area contributed by atoms with E-state index in [1.165, 1.54) is 7.11 Å². The summed E-state index contributed by atoms with van der Waals surface area (Å²) in [6.07, 6.45) is 1.49. The van der Waals surface area contributed by atoms with Gasteiger partial charge in [-0.15, -0.1) is 0 Å². The number of methoxy groups -OCH3 is 1. The summed E-state index contributed by atoms with van der Waals surface area (Å²) in [4.78, 5) is 13.7. The van der Waals surface area contributed by atoms with E-state index in [9.17, 15) is 9.90 Å². The molecule has 1 N–H and O–H groups in total. The molecule has 0 radical (unpaired) electrons. The minimum Gasteiger partial charge on any atom is -0.463 e. The van der Waals surface area contributed by atoms with Crippen molar-refractivity contribution in [2.45, 2.75) is 25.5 Å². The van der Waals surface area contributed by atoms with Crippen LogP contribution in [0.5, 0.6) is 0 Å². The molecule has 0 aliphatic carbocycles. The fraction of sp³-hybridized carbons (Fsp3) is 0.421. The molecule has 24 heavy (non-hydrogen) atoms. The molecule has 1 aliphatic heterocycles. The van der Waals surface area contributed by atoms with Crippen LogP contribution in [0.1, 0.15) is 40.8 Å². The van der Waals surface area contributed by atoms with Gasteiger partial charge in [-0.2, -0.15) is 0 Å². The molecule has 5 heteroatoms. The third-order valence-electron chi connectivity index (χ3n) is 4.65. The number of esters is 1. The van der Waals surface area contributed by atoms with Gasteiger partial charge in [0.2, 0.25) is 5.76 Å². The smallest absolute Gasteiger partial charge is 0.373 e. The van der Waals surface area contributed by atoms with Crippen LogP contribution < -0.4 is 0 Å². The van der Waals surface area contributed by atoms with Crippen molar-refractivity contribution in [1.82, 2.24) is 4.90 Å². The first-order chi connectivity index (χ1) is 11.7. The number of piperidine rings is 1. The second-order valence-corrected chi connectivity index (χ2v) is 6.23. The van der Waals surface area contributed by atoms with Crippen molar-refractivity contribution in [1.29, 1.82) is 0 Å². The molecular formula is C19H23NO4. The molecule has 1 fully saturated rings. The van der Waals surface area contributed by atoms with Crippen molar-refractivity contribution in [3.05, 3.63) is 59.5 Å². The number of likely N-dealkylation sites (tertiary alicyclic amines) is 1. The molecule has 2 heterocycles. The third-order valence-corrected chi connectivity index (χ3v) is 4.65. The highest BCUT2D eigenvalue weighted by Gasteiger charge is 2.26. The molecule has 0 bridgehead atoms. The number of aliphatic hydroxyl groups is 1. The van der Waals surface area contributed by atoms with E-state index in [-0.39, 0.29) is 11.7 Å². The van der Waals surface area contributed by atoms with E-state index in [0.717, 1.165) is 37.3 Å². The predicted octanol–water partition coefficient (Wildman–Crippen LogP) is 3.01. The van der Waals surface area contributed by atoms with Gasteiger partial charge in [0.05, 0.1) is 19.8 Å². The number of hydrogen-bond donors (Lipinski definition) is 1. The van der Waals surface area contributed by atoms with Gasteiger partial charge in [0, 0.05) is 0 Å². The van der Waals surface area contributed by atoms with Gasteiger partial charge in [-0.3, -0.25) is 4.90 Å². The molecule has 1 unspecified atom stereocenters. The van der Waals surface area contributed by atoms with Crippen LogP contribution in [0.15, 0.2) is 46.9 Å². The van der Waals surface area contributed by atoms with Gasteiger partial charge < -0.3 is 14.3 Å². The molecule has 1 aromatic heterocycles. The number of rotatable bonds is 5. The van der Waals surface area contributed by atoms with Crippen molar-refractivity contribution in [2.75, 3.05) is 20.2 Å². The van der Waals surface area contributed by atoms with Crippen molar-refractivity contribution in [3.8, 4) is 0 Å². The largest absolute Gasteiger partial charge is 0.463 e. The Kier molecular flexibility index (Phi) is 5.33. The minimum absolute atomic E-state index is 0.238. The fourth-order valence-electron chi connectivity index (χ4n) is 3.24. The van der Waals surface area contributed by atoms with Crippen molar-refractivity contribution >= 4 is 5.97 Å². The highest BCUT2D eigenvalue weighted by atomic mass is 16.5. The predicted molar refractivity (Wildman–Crippen MR) is 89.5 cm³/mol. The molecule has 1 saturated heterocycles. The number of hydrogen-bond acceptors (Lipinski definition) is 5. The molecule has 0 amide bonds. The van der Waals surface area contributed by atoms with Gasteiger partial charge in [-0.05, 0) is 49.5 Å². The highest BCUT2D eigenvalue weighted by Crippen LogP contribution is 2.31. The van der Waals surface area contributed by atoms with E-state index < -0.39 is 12.1 Å². The van der Waals surface area contributed by atoms with Crippen LogP contribution in [0.3, 0.4) is 0 Å². The van der Waals surface area contributed by atoms with E-state index in [1.54, 1.807) is 6.07 Å². The summed E-state index contributed by atoms with van der Waals surface area (Å²) in [5.41, 5.74) is 0.990. The van der Waals surface area contributed by atoms with E-state index in [4.69, 9.17) is 4.42 Å². The summed E-state index contributed by atoms with van der Waals surface area (Å²) in [7, 11) is 1.34. The van der Waals surface area contributed by atoms with Crippen LogP contribution in [-0.2, 0) is 11.3 Å². The first kappa shape index (κ1) is 16.7. The molecular weight excluding hydrogens is 306 g/mol. The van der Waals surface area contributed by atoms with Gasteiger partial charge in [0.1, 0.15) is 5.76 Å². The van der Waals surface area contributed by atoms with E-state index >= 15 is 0 Å². The average molecular weight is 329 g/mol.